The Balaban J connectivity index is 2.04. The van der Waals surface area contributed by atoms with Gasteiger partial charge in [-0.2, -0.15) is 0 Å². The van der Waals surface area contributed by atoms with Crippen LogP contribution < -0.4 is 0 Å². The van der Waals surface area contributed by atoms with Crippen LogP contribution in [-0.2, 0) is 0 Å². The Kier molecular flexibility index (Phi) is 6.20. The molecule has 0 aromatic carbocycles. The van der Waals surface area contributed by atoms with Crippen molar-refractivity contribution in [2.75, 3.05) is 0 Å². The van der Waals surface area contributed by atoms with E-state index in [0.717, 1.165) is 47.3 Å². The molecule has 128 valence electrons. The second-order valence-corrected chi connectivity index (χ2v) is 9.40. The number of hydrogen-bond acceptors (Lipinski definition) is 0. The van der Waals surface area contributed by atoms with Gasteiger partial charge >= 0.3 is 0 Å². The summed E-state index contributed by atoms with van der Waals surface area (Å²) in [4.78, 5) is 0. The average Bonchev–Trinajstić information content (AvgIpc) is 2.44. The van der Waals surface area contributed by atoms with Gasteiger partial charge in [-0.25, -0.2) is 0 Å². The third-order valence-corrected chi connectivity index (χ3v) is 7.46. The second kappa shape index (κ2) is 7.54. The Hall–Kier alpha value is -0.260. The molecule has 2 aliphatic rings. The summed E-state index contributed by atoms with van der Waals surface area (Å²) in [7, 11) is 0. The van der Waals surface area contributed by atoms with Gasteiger partial charge in [-0.3, -0.25) is 0 Å². The van der Waals surface area contributed by atoms with Crippen molar-refractivity contribution >= 4 is 0 Å². The summed E-state index contributed by atoms with van der Waals surface area (Å²) in [6, 6.07) is 0. The van der Waals surface area contributed by atoms with Crippen LogP contribution in [0.5, 0.6) is 0 Å². The first kappa shape index (κ1) is 18.1. The highest BCUT2D eigenvalue weighted by Crippen LogP contribution is 2.46. The maximum absolute atomic E-state index is 4.41. The zero-order chi connectivity index (χ0) is 16.4. The third kappa shape index (κ3) is 4.18. The fourth-order valence-corrected chi connectivity index (χ4v) is 5.57. The normalized spacial score (nSPS) is 44.5. The summed E-state index contributed by atoms with van der Waals surface area (Å²) in [5.74, 6) is 7.15. The van der Waals surface area contributed by atoms with Gasteiger partial charge in [0.05, 0.1) is 0 Å². The minimum absolute atomic E-state index is 0.774. The standard InChI is InChI=1S/C22H40/c1-14(2)21(22-10-15(3)8-9-16(22)4)13-20-11-17(5)19(7)18(6)12-20/h15-22H,1,8-13H2,2-7H3. The van der Waals surface area contributed by atoms with Gasteiger partial charge in [0.25, 0.3) is 0 Å². The first-order chi connectivity index (χ1) is 10.3. The molecular weight excluding hydrogens is 264 g/mol. The molecule has 0 aromatic rings. The lowest BCUT2D eigenvalue weighted by atomic mass is 9.62. The smallest absolute Gasteiger partial charge is 0.0175 e. The lowest BCUT2D eigenvalue weighted by molar-refractivity contribution is 0.0938. The van der Waals surface area contributed by atoms with Crippen LogP contribution in [0.1, 0.15) is 80.1 Å². The van der Waals surface area contributed by atoms with Gasteiger partial charge in [-0.05, 0) is 80.0 Å². The van der Waals surface area contributed by atoms with Crippen molar-refractivity contribution in [1.29, 1.82) is 0 Å². The fraction of sp³-hybridized carbons (Fsp3) is 0.909. The molecule has 0 bridgehead atoms. The monoisotopic (exact) mass is 304 g/mol. The third-order valence-electron chi connectivity index (χ3n) is 7.46. The Morgan fingerprint density at radius 2 is 1.50 bits per heavy atom. The predicted molar refractivity (Wildman–Crippen MR) is 98.8 cm³/mol. The van der Waals surface area contributed by atoms with Crippen molar-refractivity contribution in [2.24, 2.45) is 47.3 Å². The Labute approximate surface area is 140 Å². The van der Waals surface area contributed by atoms with Crippen LogP contribution in [0, 0.1) is 47.3 Å². The number of rotatable bonds is 4. The molecule has 0 aromatic heterocycles. The first-order valence-corrected chi connectivity index (χ1v) is 9.94. The highest BCUT2D eigenvalue weighted by atomic mass is 14.4. The lowest BCUT2D eigenvalue weighted by Gasteiger charge is -2.43. The molecule has 0 nitrogen and oxygen atoms in total. The average molecular weight is 305 g/mol. The minimum atomic E-state index is 0.774. The molecule has 0 heterocycles. The Morgan fingerprint density at radius 3 is 2.05 bits per heavy atom. The number of hydrogen-bond donors (Lipinski definition) is 0. The van der Waals surface area contributed by atoms with Crippen molar-refractivity contribution in [1.82, 2.24) is 0 Å². The van der Waals surface area contributed by atoms with Gasteiger partial charge in [-0.1, -0.05) is 59.6 Å². The van der Waals surface area contributed by atoms with Gasteiger partial charge in [-0.15, -0.1) is 0 Å². The molecule has 0 N–H and O–H groups in total. The van der Waals surface area contributed by atoms with Gasteiger partial charge in [0.2, 0.25) is 0 Å². The topological polar surface area (TPSA) is 0 Å². The Bertz CT molecular complexity index is 356. The fourth-order valence-electron chi connectivity index (χ4n) is 5.57. The van der Waals surface area contributed by atoms with Gasteiger partial charge < -0.3 is 0 Å². The van der Waals surface area contributed by atoms with Crippen LogP contribution >= 0.6 is 0 Å². The molecule has 6 atom stereocenters. The molecule has 0 saturated heterocycles. The molecule has 0 spiro atoms. The SMILES string of the molecule is C=C(C)C(CC1CC(C)C(C)C(C)C1)C1CC(C)CCC1C. The van der Waals surface area contributed by atoms with E-state index in [9.17, 15) is 0 Å². The van der Waals surface area contributed by atoms with E-state index in [1.165, 1.54) is 44.1 Å². The van der Waals surface area contributed by atoms with E-state index in [2.05, 4.69) is 48.1 Å². The molecule has 2 rings (SSSR count). The first-order valence-electron chi connectivity index (χ1n) is 9.94. The van der Waals surface area contributed by atoms with Crippen molar-refractivity contribution in [3.63, 3.8) is 0 Å². The number of allylic oxidation sites excluding steroid dienone is 1. The summed E-state index contributed by atoms with van der Waals surface area (Å²) < 4.78 is 0. The van der Waals surface area contributed by atoms with Crippen LogP contribution in [-0.4, -0.2) is 0 Å². The maximum Gasteiger partial charge on any atom is -0.0175 e. The van der Waals surface area contributed by atoms with Crippen molar-refractivity contribution < 1.29 is 0 Å². The highest BCUT2D eigenvalue weighted by molar-refractivity contribution is 5.02. The van der Waals surface area contributed by atoms with E-state index in [0.29, 0.717) is 0 Å². The van der Waals surface area contributed by atoms with Gasteiger partial charge in [0.1, 0.15) is 0 Å². The largest absolute Gasteiger partial charge is 0.0999 e. The highest BCUT2D eigenvalue weighted by Gasteiger charge is 2.36. The molecule has 2 saturated carbocycles. The quantitative estimate of drug-likeness (QED) is 0.492. The zero-order valence-electron chi connectivity index (χ0n) is 16.1. The van der Waals surface area contributed by atoms with Crippen molar-refractivity contribution in [2.45, 2.75) is 80.1 Å². The summed E-state index contributed by atoms with van der Waals surface area (Å²) in [6.07, 6.45) is 8.63. The van der Waals surface area contributed by atoms with E-state index in [4.69, 9.17) is 0 Å². The molecule has 0 radical (unpaired) electrons. The summed E-state index contributed by atoms with van der Waals surface area (Å²) >= 11 is 0. The van der Waals surface area contributed by atoms with Crippen LogP contribution in [0.4, 0.5) is 0 Å². The van der Waals surface area contributed by atoms with Crippen LogP contribution in [0.15, 0.2) is 12.2 Å². The van der Waals surface area contributed by atoms with Crippen LogP contribution in [0.2, 0.25) is 0 Å². The predicted octanol–water partition coefficient (Wildman–Crippen LogP) is 6.96. The molecule has 22 heavy (non-hydrogen) atoms. The molecule has 6 unspecified atom stereocenters. The molecular formula is C22H40. The molecule has 2 aliphatic carbocycles. The summed E-state index contributed by atoms with van der Waals surface area (Å²) in [5.41, 5.74) is 1.46. The summed E-state index contributed by atoms with van der Waals surface area (Å²) in [6.45, 7) is 19.1. The zero-order valence-corrected chi connectivity index (χ0v) is 16.1. The second-order valence-electron chi connectivity index (χ2n) is 9.40. The van der Waals surface area contributed by atoms with Gasteiger partial charge in [0.15, 0.2) is 0 Å². The van der Waals surface area contributed by atoms with E-state index < -0.39 is 0 Å². The van der Waals surface area contributed by atoms with E-state index in [1.54, 1.807) is 0 Å². The van der Waals surface area contributed by atoms with E-state index in [1.807, 2.05) is 0 Å². The molecule has 0 heteroatoms. The molecule has 0 aliphatic heterocycles. The minimum Gasteiger partial charge on any atom is -0.0999 e. The molecule has 2 fully saturated rings. The van der Waals surface area contributed by atoms with Crippen molar-refractivity contribution in [3.8, 4) is 0 Å². The van der Waals surface area contributed by atoms with Gasteiger partial charge in [0, 0.05) is 0 Å². The van der Waals surface area contributed by atoms with E-state index >= 15 is 0 Å². The van der Waals surface area contributed by atoms with Crippen LogP contribution in [0.25, 0.3) is 0 Å². The summed E-state index contributed by atoms with van der Waals surface area (Å²) in [5, 5.41) is 0. The van der Waals surface area contributed by atoms with E-state index in [-0.39, 0.29) is 0 Å². The maximum atomic E-state index is 4.41. The Morgan fingerprint density at radius 1 is 0.909 bits per heavy atom. The molecule has 0 amide bonds. The van der Waals surface area contributed by atoms with Crippen molar-refractivity contribution in [3.05, 3.63) is 12.2 Å². The van der Waals surface area contributed by atoms with Crippen LogP contribution in [0.3, 0.4) is 0 Å². The lowest BCUT2D eigenvalue weighted by Crippen LogP contribution is -2.33.